The summed E-state index contributed by atoms with van der Waals surface area (Å²) in [7, 11) is 1.63. The van der Waals surface area contributed by atoms with Gasteiger partial charge in [0.1, 0.15) is 5.75 Å². The van der Waals surface area contributed by atoms with Gasteiger partial charge in [0.05, 0.1) is 20.3 Å². The molecule has 5 heteroatoms. The van der Waals surface area contributed by atoms with E-state index in [0.717, 1.165) is 37.4 Å². The van der Waals surface area contributed by atoms with Crippen molar-refractivity contribution in [2.45, 2.75) is 19.4 Å². The number of hydrogen-bond acceptors (Lipinski definition) is 3. The van der Waals surface area contributed by atoms with Gasteiger partial charge in [-0.15, -0.1) is 0 Å². The Labute approximate surface area is 119 Å². The molecule has 1 fully saturated rings. The predicted octanol–water partition coefficient (Wildman–Crippen LogP) is 2.19. The fourth-order valence-electron chi connectivity index (χ4n) is 1.92. The van der Waals surface area contributed by atoms with Gasteiger partial charge in [-0.2, -0.15) is 0 Å². The van der Waals surface area contributed by atoms with Gasteiger partial charge in [0, 0.05) is 12.7 Å². The molecule has 1 aliphatic rings. The molecule has 0 atom stereocenters. The Hall–Kier alpha value is -2.01. The minimum absolute atomic E-state index is 0.195. The first kappa shape index (κ1) is 14.4. The summed E-state index contributed by atoms with van der Waals surface area (Å²) < 4.78 is 10.3. The maximum absolute atomic E-state index is 11.7. The fourth-order valence-corrected chi connectivity index (χ4v) is 1.92. The van der Waals surface area contributed by atoms with Gasteiger partial charge in [-0.25, -0.2) is 4.79 Å². The number of urea groups is 1. The Morgan fingerprint density at radius 3 is 2.65 bits per heavy atom. The third-order valence-electron chi connectivity index (χ3n) is 3.15. The van der Waals surface area contributed by atoms with Gasteiger partial charge in [-0.05, 0) is 36.1 Å². The van der Waals surface area contributed by atoms with Crippen molar-refractivity contribution in [3.63, 3.8) is 0 Å². The molecular formula is C15H20N2O3. The zero-order valence-electron chi connectivity index (χ0n) is 11.6. The van der Waals surface area contributed by atoms with Gasteiger partial charge in [-0.3, -0.25) is 0 Å². The first-order valence-electron chi connectivity index (χ1n) is 6.71. The third kappa shape index (κ3) is 4.59. The van der Waals surface area contributed by atoms with E-state index in [4.69, 9.17) is 9.47 Å². The number of ether oxygens (including phenoxy) is 2. The molecule has 5 nitrogen and oxygen atoms in total. The number of methoxy groups -OCH3 is 1. The Morgan fingerprint density at radius 1 is 1.30 bits per heavy atom. The van der Waals surface area contributed by atoms with Crippen LogP contribution in [0, 0.1) is 0 Å². The number of amides is 2. The van der Waals surface area contributed by atoms with Crippen molar-refractivity contribution in [3.8, 4) is 5.75 Å². The zero-order chi connectivity index (χ0) is 14.2. The van der Waals surface area contributed by atoms with E-state index in [0.29, 0.717) is 6.54 Å². The number of hydrogen-bond donors (Lipinski definition) is 2. The maximum Gasteiger partial charge on any atom is 0.319 e. The molecule has 0 spiro atoms. The molecule has 0 unspecified atom stereocenters. The first-order chi connectivity index (χ1) is 9.78. The molecule has 0 bridgehead atoms. The highest BCUT2D eigenvalue weighted by Gasteiger charge is 2.05. The number of nitrogens with one attached hydrogen (secondary N) is 2. The standard InChI is InChI=1S/C15H20N2O3/c1-19-14-4-2-12(3-5-14)10-16-15(18)17-11-13-6-8-20-9-7-13/h2-5,11H,6-10H2,1H3,(H2,16,17,18). The van der Waals surface area contributed by atoms with Crippen molar-refractivity contribution >= 4 is 6.03 Å². The Bertz CT molecular complexity index is 461. The van der Waals surface area contributed by atoms with Crippen molar-refractivity contribution in [3.05, 3.63) is 41.6 Å². The van der Waals surface area contributed by atoms with E-state index in [1.165, 1.54) is 5.57 Å². The monoisotopic (exact) mass is 276 g/mol. The van der Waals surface area contributed by atoms with Gasteiger partial charge in [0.15, 0.2) is 0 Å². The summed E-state index contributed by atoms with van der Waals surface area (Å²) in [4.78, 5) is 11.7. The molecule has 1 heterocycles. The quantitative estimate of drug-likeness (QED) is 0.886. The van der Waals surface area contributed by atoms with E-state index in [9.17, 15) is 4.79 Å². The van der Waals surface area contributed by atoms with Gasteiger partial charge in [0.25, 0.3) is 0 Å². The molecule has 0 radical (unpaired) electrons. The summed E-state index contributed by atoms with van der Waals surface area (Å²) in [6.45, 7) is 1.96. The highest BCUT2D eigenvalue weighted by molar-refractivity contribution is 5.74. The second-order valence-electron chi connectivity index (χ2n) is 4.59. The fraction of sp³-hybridized carbons (Fsp3) is 0.400. The summed E-state index contributed by atoms with van der Waals surface area (Å²) in [6.07, 6.45) is 3.56. The van der Waals surface area contributed by atoms with Gasteiger partial charge >= 0.3 is 6.03 Å². The smallest absolute Gasteiger partial charge is 0.319 e. The summed E-state index contributed by atoms with van der Waals surface area (Å²) in [5, 5.41) is 5.56. The van der Waals surface area contributed by atoms with Crippen molar-refractivity contribution in [1.82, 2.24) is 10.6 Å². The molecule has 2 amide bonds. The van der Waals surface area contributed by atoms with Crippen LogP contribution in [0.1, 0.15) is 18.4 Å². The topological polar surface area (TPSA) is 59.6 Å². The van der Waals surface area contributed by atoms with E-state index < -0.39 is 0 Å². The van der Waals surface area contributed by atoms with Crippen LogP contribution in [0.2, 0.25) is 0 Å². The van der Waals surface area contributed by atoms with E-state index in [2.05, 4.69) is 10.6 Å². The number of carbonyl (C=O) groups excluding carboxylic acids is 1. The number of rotatable bonds is 4. The molecule has 108 valence electrons. The largest absolute Gasteiger partial charge is 0.497 e. The van der Waals surface area contributed by atoms with Crippen LogP contribution in [0.25, 0.3) is 0 Å². The average molecular weight is 276 g/mol. The SMILES string of the molecule is COc1ccc(CNC(=O)NC=C2CCOCC2)cc1. The van der Waals surface area contributed by atoms with Gasteiger partial charge in [-0.1, -0.05) is 12.1 Å². The lowest BCUT2D eigenvalue weighted by molar-refractivity contribution is 0.119. The molecule has 0 aromatic heterocycles. The van der Waals surface area contributed by atoms with E-state index in [1.807, 2.05) is 24.3 Å². The minimum atomic E-state index is -0.195. The van der Waals surface area contributed by atoms with Crippen molar-refractivity contribution in [1.29, 1.82) is 0 Å². The summed E-state index contributed by atoms with van der Waals surface area (Å²) >= 11 is 0. The second kappa shape index (κ2) is 7.55. The van der Waals surface area contributed by atoms with Crippen LogP contribution in [-0.4, -0.2) is 26.4 Å². The number of benzene rings is 1. The van der Waals surface area contributed by atoms with Crippen LogP contribution in [-0.2, 0) is 11.3 Å². The highest BCUT2D eigenvalue weighted by atomic mass is 16.5. The van der Waals surface area contributed by atoms with E-state index in [-0.39, 0.29) is 6.03 Å². The Kier molecular flexibility index (Phi) is 5.43. The molecule has 2 rings (SSSR count). The van der Waals surface area contributed by atoms with Crippen LogP contribution in [0.3, 0.4) is 0 Å². The molecule has 1 aromatic rings. The molecule has 0 saturated carbocycles. The molecule has 1 saturated heterocycles. The Balaban J connectivity index is 1.73. The van der Waals surface area contributed by atoms with Crippen LogP contribution in [0.4, 0.5) is 4.79 Å². The minimum Gasteiger partial charge on any atom is -0.497 e. The molecule has 1 aromatic carbocycles. The number of carbonyl (C=O) groups is 1. The summed E-state index contributed by atoms with van der Waals surface area (Å²) in [6, 6.07) is 7.41. The molecule has 20 heavy (non-hydrogen) atoms. The highest BCUT2D eigenvalue weighted by Crippen LogP contribution is 2.12. The zero-order valence-corrected chi connectivity index (χ0v) is 11.6. The molecule has 0 aliphatic carbocycles. The predicted molar refractivity (Wildman–Crippen MR) is 76.5 cm³/mol. The van der Waals surface area contributed by atoms with Gasteiger partial charge in [0.2, 0.25) is 0 Å². The first-order valence-corrected chi connectivity index (χ1v) is 6.71. The molecular weight excluding hydrogens is 256 g/mol. The average Bonchev–Trinajstić information content (AvgIpc) is 2.52. The van der Waals surface area contributed by atoms with Crippen LogP contribution in [0.15, 0.2) is 36.0 Å². The molecule has 2 N–H and O–H groups in total. The van der Waals surface area contributed by atoms with Crippen molar-refractivity contribution in [2.75, 3.05) is 20.3 Å². The van der Waals surface area contributed by atoms with Crippen LogP contribution >= 0.6 is 0 Å². The van der Waals surface area contributed by atoms with E-state index in [1.54, 1.807) is 13.3 Å². The van der Waals surface area contributed by atoms with Gasteiger partial charge < -0.3 is 20.1 Å². The normalized spacial score (nSPS) is 14.6. The van der Waals surface area contributed by atoms with E-state index >= 15 is 0 Å². The van der Waals surface area contributed by atoms with Crippen LogP contribution < -0.4 is 15.4 Å². The van der Waals surface area contributed by atoms with Crippen molar-refractivity contribution < 1.29 is 14.3 Å². The Morgan fingerprint density at radius 2 is 2.00 bits per heavy atom. The van der Waals surface area contributed by atoms with Crippen LogP contribution in [0.5, 0.6) is 5.75 Å². The lowest BCUT2D eigenvalue weighted by Gasteiger charge is -2.14. The lowest BCUT2D eigenvalue weighted by atomic mass is 10.1. The maximum atomic E-state index is 11.7. The van der Waals surface area contributed by atoms with Crippen molar-refractivity contribution in [2.24, 2.45) is 0 Å². The summed E-state index contributed by atoms with van der Waals surface area (Å²) in [5.41, 5.74) is 2.25. The molecule has 1 aliphatic heterocycles. The summed E-state index contributed by atoms with van der Waals surface area (Å²) in [5.74, 6) is 0.808. The third-order valence-corrected chi connectivity index (χ3v) is 3.15. The second-order valence-corrected chi connectivity index (χ2v) is 4.59. The lowest BCUT2D eigenvalue weighted by Crippen LogP contribution is -2.32.